The molecule has 1 atom stereocenters. The first-order valence-electron chi connectivity index (χ1n) is 13.6. The number of ether oxygens (including phenoxy) is 1. The second kappa shape index (κ2) is 9.81. The number of nitrogens with one attached hydrogen (secondary N) is 2. The van der Waals surface area contributed by atoms with Gasteiger partial charge in [-0.05, 0) is 106 Å². The van der Waals surface area contributed by atoms with E-state index >= 15 is 0 Å². The molecule has 2 N–H and O–H groups in total. The van der Waals surface area contributed by atoms with Gasteiger partial charge >= 0.3 is 5.97 Å². The average molecular weight is 510 g/mol. The second-order valence-electron chi connectivity index (χ2n) is 11.9. The highest BCUT2D eigenvalue weighted by Gasteiger charge is 2.54. The van der Waals surface area contributed by atoms with E-state index in [1.807, 2.05) is 56.9 Å². The van der Waals surface area contributed by atoms with E-state index in [4.69, 9.17) is 17.0 Å². The molecular weight excluding hydrogens is 470 g/mol. The molecule has 7 heteroatoms. The Balaban J connectivity index is 1.34. The van der Waals surface area contributed by atoms with Crippen molar-refractivity contribution < 1.29 is 14.3 Å². The molecule has 4 saturated carbocycles. The van der Waals surface area contributed by atoms with Gasteiger partial charge in [0.1, 0.15) is 0 Å². The SMILES string of the molecule is CCN1C(=S)NC(c2ccc(NC(=O)C34CC5CC(CC(C5)C3)C4)cc2)C(C(=O)OCC(C)C)=C1C. The number of nitrogens with zero attached hydrogens (tertiary/aromatic N) is 1. The van der Waals surface area contributed by atoms with Gasteiger partial charge < -0.3 is 20.3 Å². The highest BCUT2D eigenvalue weighted by molar-refractivity contribution is 7.80. The highest BCUT2D eigenvalue weighted by Crippen LogP contribution is 2.60. The van der Waals surface area contributed by atoms with Crippen molar-refractivity contribution in [3.63, 3.8) is 0 Å². The van der Waals surface area contributed by atoms with Crippen molar-refractivity contribution in [3.8, 4) is 0 Å². The number of hydrogen-bond donors (Lipinski definition) is 2. The molecule has 0 aromatic heterocycles. The summed E-state index contributed by atoms with van der Waals surface area (Å²) in [7, 11) is 0. The summed E-state index contributed by atoms with van der Waals surface area (Å²) in [5, 5.41) is 7.17. The minimum atomic E-state index is -0.395. The van der Waals surface area contributed by atoms with Crippen LogP contribution in [0.25, 0.3) is 0 Å². The molecule has 194 valence electrons. The Kier molecular flexibility index (Phi) is 6.88. The van der Waals surface area contributed by atoms with E-state index in [0.717, 1.165) is 54.0 Å². The lowest BCUT2D eigenvalue weighted by Gasteiger charge is -2.55. The average Bonchev–Trinajstić information content (AvgIpc) is 2.82. The molecule has 1 aliphatic heterocycles. The Labute approximate surface area is 220 Å². The van der Waals surface area contributed by atoms with Crippen LogP contribution in [-0.4, -0.2) is 35.0 Å². The molecule has 4 bridgehead atoms. The zero-order valence-electron chi connectivity index (χ0n) is 21.9. The molecule has 4 aliphatic carbocycles. The van der Waals surface area contributed by atoms with Crippen LogP contribution >= 0.6 is 12.2 Å². The molecule has 36 heavy (non-hydrogen) atoms. The van der Waals surface area contributed by atoms with E-state index in [2.05, 4.69) is 10.6 Å². The number of benzene rings is 1. The Hall–Kier alpha value is -2.41. The zero-order valence-corrected chi connectivity index (χ0v) is 22.7. The molecule has 1 aromatic rings. The highest BCUT2D eigenvalue weighted by atomic mass is 32.1. The summed E-state index contributed by atoms with van der Waals surface area (Å²) in [6.07, 6.45) is 7.11. The summed E-state index contributed by atoms with van der Waals surface area (Å²) >= 11 is 5.61. The number of anilines is 1. The van der Waals surface area contributed by atoms with E-state index in [9.17, 15) is 9.59 Å². The van der Waals surface area contributed by atoms with E-state index in [-0.39, 0.29) is 23.2 Å². The van der Waals surface area contributed by atoms with Crippen molar-refractivity contribution in [2.24, 2.45) is 29.1 Å². The topological polar surface area (TPSA) is 70.7 Å². The lowest BCUT2D eigenvalue weighted by atomic mass is 9.49. The molecule has 4 fully saturated rings. The molecule has 5 aliphatic rings. The zero-order chi connectivity index (χ0) is 25.6. The van der Waals surface area contributed by atoms with Crippen molar-refractivity contribution in [1.82, 2.24) is 10.2 Å². The molecule has 1 aromatic carbocycles. The van der Waals surface area contributed by atoms with E-state index in [1.54, 1.807) is 0 Å². The quantitative estimate of drug-likeness (QED) is 0.370. The fourth-order valence-corrected chi connectivity index (χ4v) is 7.79. The number of hydrogen-bond acceptors (Lipinski definition) is 4. The number of carbonyl (C=O) groups excluding carboxylic acids is 2. The van der Waals surface area contributed by atoms with Gasteiger partial charge in [0.25, 0.3) is 0 Å². The maximum absolute atomic E-state index is 13.5. The van der Waals surface area contributed by atoms with Gasteiger partial charge in [-0.25, -0.2) is 4.79 Å². The van der Waals surface area contributed by atoms with Gasteiger partial charge in [-0.3, -0.25) is 4.79 Å². The third-order valence-electron chi connectivity index (χ3n) is 8.70. The van der Waals surface area contributed by atoms with Gasteiger partial charge in [0.05, 0.1) is 23.6 Å². The fraction of sp³-hybridized carbons (Fsp3) is 0.621. The van der Waals surface area contributed by atoms with Gasteiger partial charge in [-0.15, -0.1) is 0 Å². The summed E-state index contributed by atoms with van der Waals surface area (Å²) in [5.74, 6) is 2.33. The molecule has 6 nitrogen and oxygen atoms in total. The number of allylic oxidation sites excluding steroid dienone is 1. The predicted molar refractivity (Wildman–Crippen MR) is 145 cm³/mol. The maximum atomic E-state index is 13.5. The summed E-state index contributed by atoms with van der Waals surface area (Å²) in [5.41, 5.74) is 2.94. The predicted octanol–water partition coefficient (Wildman–Crippen LogP) is 5.57. The van der Waals surface area contributed by atoms with Crippen LogP contribution in [0.15, 0.2) is 35.5 Å². The largest absolute Gasteiger partial charge is 0.462 e. The van der Waals surface area contributed by atoms with E-state index < -0.39 is 6.04 Å². The number of rotatable bonds is 7. The first-order chi connectivity index (χ1) is 17.2. The first-order valence-corrected chi connectivity index (χ1v) is 14.0. The molecule has 1 unspecified atom stereocenters. The fourth-order valence-electron chi connectivity index (χ4n) is 7.41. The number of thiocarbonyl (C=S) groups is 1. The lowest BCUT2D eigenvalue weighted by Crippen LogP contribution is -2.51. The Bertz CT molecular complexity index is 1040. The Morgan fingerprint density at radius 3 is 2.22 bits per heavy atom. The Morgan fingerprint density at radius 1 is 1.11 bits per heavy atom. The van der Waals surface area contributed by atoms with Gasteiger partial charge in [-0.2, -0.15) is 0 Å². The molecule has 0 spiro atoms. The molecule has 0 radical (unpaired) electrons. The van der Waals surface area contributed by atoms with Gasteiger partial charge in [0.15, 0.2) is 5.11 Å². The normalized spacial score (nSPS) is 31.0. The van der Waals surface area contributed by atoms with Crippen molar-refractivity contribution in [2.75, 3.05) is 18.5 Å². The van der Waals surface area contributed by atoms with Crippen molar-refractivity contribution >= 4 is 34.9 Å². The molecule has 0 saturated heterocycles. The third-order valence-corrected chi connectivity index (χ3v) is 9.04. The summed E-state index contributed by atoms with van der Waals surface area (Å²) < 4.78 is 5.62. The van der Waals surface area contributed by atoms with Crippen LogP contribution in [0.1, 0.15) is 77.8 Å². The van der Waals surface area contributed by atoms with Crippen molar-refractivity contribution in [2.45, 2.75) is 72.3 Å². The van der Waals surface area contributed by atoms with Crippen LogP contribution in [0.5, 0.6) is 0 Å². The minimum absolute atomic E-state index is 0.179. The maximum Gasteiger partial charge on any atom is 0.338 e. The van der Waals surface area contributed by atoms with E-state index in [0.29, 0.717) is 23.8 Å². The lowest BCUT2D eigenvalue weighted by molar-refractivity contribution is -0.141. The summed E-state index contributed by atoms with van der Waals surface area (Å²) in [4.78, 5) is 28.5. The second-order valence-corrected chi connectivity index (χ2v) is 12.3. The van der Waals surface area contributed by atoms with Crippen LogP contribution < -0.4 is 10.6 Å². The van der Waals surface area contributed by atoms with Gasteiger partial charge in [-0.1, -0.05) is 26.0 Å². The molecular formula is C29H39N3O3S. The third kappa shape index (κ3) is 4.67. The number of esters is 1. The summed E-state index contributed by atoms with van der Waals surface area (Å²) in [6, 6.07) is 7.43. The molecule has 1 heterocycles. The van der Waals surface area contributed by atoms with Crippen LogP contribution in [-0.2, 0) is 14.3 Å². The monoisotopic (exact) mass is 509 g/mol. The molecule has 6 rings (SSSR count). The van der Waals surface area contributed by atoms with E-state index in [1.165, 1.54) is 19.3 Å². The van der Waals surface area contributed by atoms with Gasteiger partial charge in [0.2, 0.25) is 5.91 Å². The minimum Gasteiger partial charge on any atom is -0.462 e. The van der Waals surface area contributed by atoms with Gasteiger partial charge in [0, 0.05) is 17.9 Å². The van der Waals surface area contributed by atoms with Crippen LogP contribution in [0.2, 0.25) is 0 Å². The van der Waals surface area contributed by atoms with Crippen LogP contribution in [0.3, 0.4) is 0 Å². The van der Waals surface area contributed by atoms with Crippen molar-refractivity contribution in [3.05, 3.63) is 41.1 Å². The van der Waals surface area contributed by atoms with Crippen LogP contribution in [0, 0.1) is 29.1 Å². The smallest absolute Gasteiger partial charge is 0.338 e. The molecule has 1 amide bonds. The Morgan fingerprint density at radius 2 is 1.69 bits per heavy atom. The van der Waals surface area contributed by atoms with Crippen LogP contribution in [0.4, 0.5) is 5.69 Å². The number of amides is 1. The van der Waals surface area contributed by atoms with Crippen molar-refractivity contribution in [1.29, 1.82) is 0 Å². The summed E-state index contributed by atoms with van der Waals surface area (Å²) in [6.45, 7) is 9.02. The standard InChI is InChI=1S/C29H39N3O3S/c1-5-32-18(4)24(26(33)35-16-17(2)3)25(31-28(32)36)22-6-8-23(9-7-22)30-27(34)29-13-19-10-20(14-29)12-21(11-19)15-29/h6-9,17,19-21,25H,5,10-16H2,1-4H3,(H,30,34)(H,31,36). The number of carbonyl (C=O) groups is 2. The first kappa shape index (κ1) is 25.2.